The zero-order chi connectivity index (χ0) is 13.8. The molecule has 0 fully saturated rings. The van der Waals surface area contributed by atoms with E-state index in [1.807, 2.05) is 38.1 Å². The Labute approximate surface area is 123 Å². The second kappa shape index (κ2) is 6.22. The zero-order valence-electron chi connectivity index (χ0n) is 10.9. The normalized spacial score (nSPS) is 10.5. The molecule has 1 aromatic carbocycles. The van der Waals surface area contributed by atoms with Crippen molar-refractivity contribution in [2.45, 2.75) is 26.8 Å². The number of benzene rings is 1. The molecule has 0 saturated carbocycles. The van der Waals surface area contributed by atoms with Crippen molar-refractivity contribution >= 4 is 29.0 Å². The lowest BCUT2D eigenvalue weighted by atomic mass is 10.2. The summed E-state index contributed by atoms with van der Waals surface area (Å²) in [6.45, 7) is 4.51. The summed E-state index contributed by atoms with van der Waals surface area (Å²) in [4.78, 5) is 8.66. The molecular weight excluding hydrogens is 281 g/mol. The minimum absolute atomic E-state index is 0.494. The maximum Gasteiger partial charge on any atom is 0.137 e. The Morgan fingerprint density at radius 1 is 1.16 bits per heavy atom. The molecule has 100 valence electrons. The van der Waals surface area contributed by atoms with Crippen LogP contribution in [0, 0.1) is 6.92 Å². The van der Waals surface area contributed by atoms with Gasteiger partial charge in [0.15, 0.2) is 0 Å². The van der Waals surface area contributed by atoms with Crippen molar-refractivity contribution in [3.63, 3.8) is 0 Å². The van der Waals surface area contributed by atoms with Crippen LogP contribution in [0.1, 0.15) is 23.9 Å². The molecule has 19 heavy (non-hydrogen) atoms. The maximum absolute atomic E-state index is 6.12. The second-order valence-corrected chi connectivity index (χ2v) is 4.97. The number of nitrogens with zero attached hydrogens (tertiary/aromatic N) is 2. The molecule has 0 amide bonds. The van der Waals surface area contributed by atoms with Gasteiger partial charge in [0.2, 0.25) is 0 Å². The van der Waals surface area contributed by atoms with Crippen molar-refractivity contribution in [3.8, 4) is 0 Å². The van der Waals surface area contributed by atoms with Gasteiger partial charge in [-0.15, -0.1) is 0 Å². The summed E-state index contributed by atoms with van der Waals surface area (Å²) in [7, 11) is 0. The second-order valence-electron chi connectivity index (χ2n) is 4.20. The van der Waals surface area contributed by atoms with Gasteiger partial charge in [0.1, 0.15) is 16.8 Å². The van der Waals surface area contributed by atoms with Gasteiger partial charge in [0.05, 0.1) is 0 Å². The Morgan fingerprint density at radius 2 is 1.89 bits per heavy atom. The highest BCUT2D eigenvalue weighted by Crippen LogP contribution is 2.22. The summed E-state index contributed by atoms with van der Waals surface area (Å²) in [6.07, 6.45) is 0.751. The molecule has 0 aliphatic carbocycles. The summed E-state index contributed by atoms with van der Waals surface area (Å²) < 4.78 is 0. The quantitative estimate of drug-likeness (QED) is 0.856. The lowest BCUT2D eigenvalue weighted by molar-refractivity contribution is 0.922. The van der Waals surface area contributed by atoms with Crippen LogP contribution >= 0.6 is 23.2 Å². The number of hydrogen-bond donors (Lipinski definition) is 1. The number of nitrogens with one attached hydrogen (secondary N) is 1. The van der Waals surface area contributed by atoms with Gasteiger partial charge in [-0.1, -0.05) is 48.3 Å². The molecule has 0 bridgehead atoms. The van der Waals surface area contributed by atoms with Crippen molar-refractivity contribution < 1.29 is 0 Å². The van der Waals surface area contributed by atoms with Crippen LogP contribution in [0.15, 0.2) is 24.3 Å². The van der Waals surface area contributed by atoms with Crippen LogP contribution in [0.4, 0.5) is 5.82 Å². The summed E-state index contributed by atoms with van der Waals surface area (Å²) >= 11 is 12.2. The molecule has 1 N–H and O–H groups in total. The molecule has 2 aromatic rings. The Balaban J connectivity index is 2.20. The Bertz CT molecular complexity index is 585. The van der Waals surface area contributed by atoms with E-state index in [2.05, 4.69) is 15.3 Å². The first kappa shape index (κ1) is 14.1. The SMILES string of the molecule is CCc1nc(Cl)c(C)c(NCc2ccccc2Cl)n1. The van der Waals surface area contributed by atoms with Crippen molar-refractivity contribution in [2.75, 3.05) is 5.32 Å². The first-order valence-corrected chi connectivity index (χ1v) is 6.87. The smallest absolute Gasteiger partial charge is 0.137 e. The average Bonchev–Trinajstić information content (AvgIpc) is 2.42. The number of halogens is 2. The summed E-state index contributed by atoms with van der Waals surface area (Å²) in [5.74, 6) is 1.49. The predicted molar refractivity (Wildman–Crippen MR) is 79.9 cm³/mol. The fraction of sp³-hybridized carbons (Fsp3) is 0.286. The monoisotopic (exact) mass is 295 g/mol. The summed E-state index contributed by atoms with van der Waals surface area (Å²) in [5, 5.41) is 4.50. The van der Waals surface area contributed by atoms with Gasteiger partial charge >= 0.3 is 0 Å². The van der Waals surface area contributed by atoms with E-state index in [1.165, 1.54) is 0 Å². The molecule has 0 spiro atoms. The third-order valence-corrected chi connectivity index (χ3v) is 3.59. The number of hydrogen-bond acceptors (Lipinski definition) is 3. The van der Waals surface area contributed by atoms with Gasteiger partial charge in [0, 0.05) is 23.6 Å². The lowest BCUT2D eigenvalue weighted by Crippen LogP contribution is -2.07. The van der Waals surface area contributed by atoms with E-state index in [4.69, 9.17) is 23.2 Å². The lowest BCUT2D eigenvalue weighted by Gasteiger charge is -2.11. The largest absolute Gasteiger partial charge is 0.366 e. The first-order valence-electron chi connectivity index (χ1n) is 6.12. The van der Waals surface area contributed by atoms with E-state index in [0.717, 1.165) is 34.2 Å². The van der Waals surface area contributed by atoms with E-state index in [1.54, 1.807) is 0 Å². The fourth-order valence-electron chi connectivity index (χ4n) is 1.68. The maximum atomic E-state index is 6.12. The van der Waals surface area contributed by atoms with E-state index in [-0.39, 0.29) is 0 Å². The molecule has 0 aliphatic rings. The number of aryl methyl sites for hydroxylation is 1. The van der Waals surface area contributed by atoms with Gasteiger partial charge in [-0.05, 0) is 18.6 Å². The number of anilines is 1. The van der Waals surface area contributed by atoms with Crippen LogP contribution in [0.2, 0.25) is 10.2 Å². The highest BCUT2D eigenvalue weighted by atomic mass is 35.5. The van der Waals surface area contributed by atoms with E-state index >= 15 is 0 Å². The molecule has 0 radical (unpaired) electrons. The molecule has 5 heteroatoms. The molecule has 0 atom stereocenters. The number of rotatable bonds is 4. The Kier molecular flexibility index (Phi) is 4.61. The molecule has 3 nitrogen and oxygen atoms in total. The predicted octanol–water partition coefficient (Wildman–Crippen LogP) is 4.27. The summed E-state index contributed by atoms with van der Waals surface area (Å²) in [5.41, 5.74) is 1.88. The third kappa shape index (κ3) is 3.37. The zero-order valence-corrected chi connectivity index (χ0v) is 12.4. The molecule has 0 unspecified atom stereocenters. The average molecular weight is 296 g/mol. The molecule has 0 aliphatic heterocycles. The fourth-order valence-corrected chi connectivity index (χ4v) is 2.07. The van der Waals surface area contributed by atoms with Crippen LogP contribution in [0.3, 0.4) is 0 Å². The molecule has 2 rings (SSSR count). The van der Waals surface area contributed by atoms with Gasteiger partial charge in [-0.3, -0.25) is 0 Å². The molecular formula is C14H15Cl2N3. The topological polar surface area (TPSA) is 37.8 Å². The minimum Gasteiger partial charge on any atom is -0.366 e. The van der Waals surface area contributed by atoms with Gasteiger partial charge in [-0.25, -0.2) is 9.97 Å². The first-order chi connectivity index (χ1) is 9.11. The van der Waals surface area contributed by atoms with Crippen LogP contribution in [-0.4, -0.2) is 9.97 Å². The van der Waals surface area contributed by atoms with E-state index < -0.39 is 0 Å². The molecule has 0 saturated heterocycles. The summed E-state index contributed by atoms with van der Waals surface area (Å²) in [6, 6.07) is 7.72. The van der Waals surface area contributed by atoms with Crippen molar-refractivity contribution in [1.29, 1.82) is 0 Å². The van der Waals surface area contributed by atoms with Crippen molar-refractivity contribution in [2.24, 2.45) is 0 Å². The van der Waals surface area contributed by atoms with Gasteiger partial charge in [-0.2, -0.15) is 0 Å². The van der Waals surface area contributed by atoms with Crippen LogP contribution in [0.25, 0.3) is 0 Å². The van der Waals surface area contributed by atoms with E-state index in [0.29, 0.717) is 11.7 Å². The highest BCUT2D eigenvalue weighted by Gasteiger charge is 2.08. The highest BCUT2D eigenvalue weighted by molar-refractivity contribution is 6.31. The van der Waals surface area contributed by atoms with Gasteiger partial charge < -0.3 is 5.32 Å². The Hall–Kier alpha value is -1.32. The minimum atomic E-state index is 0.494. The standard InChI is InChI=1S/C14H15Cl2N3/c1-3-12-18-13(16)9(2)14(19-12)17-8-10-6-4-5-7-11(10)15/h4-7H,3,8H2,1-2H3,(H,17,18,19). The van der Waals surface area contributed by atoms with Crippen LogP contribution < -0.4 is 5.32 Å². The number of aromatic nitrogens is 2. The van der Waals surface area contributed by atoms with Crippen LogP contribution in [0.5, 0.6) is 0 Å². The van der Waals surface area contributed by atoms with Gasteiger partial charge in [0.25, 0.3) is 0 Å². The van der Waals surface area contributed by atoms with Crippen LogP contribution in [-0.2, 0) is 13.0 Å². The van der Waals surface area contributed by atoms with Crippen molar-refractivity contribution in [1.82, 2.24) is 9.97 Å². The molecule has 1 aromatic heterocycles. The van der Waals surface area contributed by atoms with Crippen molar-refractivity contribution in [3.05, 3.63) is 51.4 Å². The third-order valence-electron chi connectivity index (χ3n) is 2.85. The van der Waals surface area contributed by atoms with E-state index in [9.17, 15) is 0 Å². The Morgan fingerprint density at radius 3 is 2.58 bits per heavy atom. The molecule has 1 heterocycles.